The Bertz CT molecular complexity index is 940. The normalized spacial score (nSPS) is 10.9. The minimum absolute atomic E-state index is 0.191. The number of hydrogen-bond acceptors (Lipinski definition) is 4. The summed E-state index contributed by atoms with van der Waals surface area (Å²) < 4.78 is 6.22. The quantitative estimate of drug-likeness (QED) is 0.605. The minimum Gasteiger partial charge on any atom is -0.504 e. The number of aromatic hydroxyl groups is 1. The first-order chi connectivity index (χ1) is 10.5. The van der Waals surface area contributed by atoms with Gasteiger partial charge in [-0.3, -0.25) is 4.79 Å². The number of nitrogens with zero attached hydrogens (tertiary/aromatic N) is 1. The molecule has 3 rings (SSSR count). The fourth-order valence-electron chi connectivity index (χ4n) is 2.02. The summed E-state index contributed by atoms with van der Waals surface area (Å²) >= 11 is 8.08. The highest BCUT2D eigenvalue weighted by molar-refractivity contribution is 14.1. The van der Waals surface area contributed by atoms with Crippen LogP contribution in [0.3, 0.4) is 0 Å². The zero-order chi connectivity index (χ0) is 15.9. The molecular weight excluding hydrogens is 419 g/mol. The van der Waals surface area contributed by atoms with Crippen molar-refractivity contribution >= 4 is 45.1 Å². The summed E-state index contributed by atoms with van der Waals surface area (Å²) in [5.41, 5.74) is 0.825. The van der Waals surface area contributed by atoms with Gasteiger partial charge < -0.3 is 14.8 Å². The second-order valence-electron chi connectivity index (χ2n) is 4.72. The summed E-state index contributed by atoms with van der Waals surface area (Å²) in [7, 11) is 0. The number of aryl methyl sites for hydroxylation is 1. The van der Waals surface area contributed by atoms with Crippen LogP contribution in [0.15, 0.2) is 35.3 Å². The predicted octanol–water partition coefficient (Wildman–Crippen LogP) is 3.99. The zero-order valence-electron chi connectivity index (χ0n) is 11.4. The molecule has 2 heterocycles. The van der Waals surface area contributed by atoms with Crippen LogP contribution in [0.1, 0.15) is 5.56 Å². The van der Waals surface area contributed by atoms with Crippen molar-refractivity contribution in [2.24, 2.45) is 0 Å². The van der Waals surface area contributed by atoms with E-state index in [4.69, 9.17) is 16.3 Å². The molecule has 0 aliphatic carbocycles. The Balaban J connectivity index is 2.18. The molecule has 0 fully saturated rings. The lowest BCUT2D eigenvalue weighted by Crippen LogP contribution is -2.09. The van der Waals surface area contributed by atoms with Gasteiger partial charge in [0.2, 0.25) is 11.6 Å². The summed E-state index contributed by atoms with van der Waals surface area (Å²) in [6.45, 7) is 1.88. The van der Waals surface area contributed by atoms with Gasteiger partial charge in [-0.2, -0.15) is 0 Å². The van der Waals surface area contributed by atoms with Crippen LogP contribution >= 0.6 is 34.2 Å². The molecule has 0 bridgehead atoms. The number of benzene rings is 1. The maximum absolute atomic E-state index is 12.1. The van der Waals surface area contributed by atoms with Gasteiger partial charge in [0.15, 0.2) is 5.75 Å². The molecule has 0 unspecified atom stereocenters. The third-order valence-corrected chi connectivity index (χ3v) is 4.61. The average molecular weight is 429 g/mol. The number of halogens is 2. The lowest BCUT2D eigenvalue weighted by atomic mass is 10.2. The minimum atomic E-state index is -0.550. The van der Waals surface area contributed by atoms with E-state index in [1.807, 2.05) is 35.6 Å². The first-order valence-corrected chi connectivity index (χ1v) is 7.76. The Hall–Kier alpha value is -1.80. The molecule has 112 valence electrons. The van der Waals surface area contributed by atoms with E-state index >= 15 is 0 Å². The number of nitrogens with one attached hydrogen (secondary N) is 1. The average Bonchev–Trinajstić information content (AvgIpc) is 2.46. The van der Waals surface area contributed by atoms with Crippen molar-refractivity contribution in [2.45, 2.75) is 6.92 Å². The molecule has 0 radical (unpaired) electrons. The van der Waals surface area contributed by atoms with Gasteiger partial charge in [0.25, 0.3) is 5.56 Å². The topological polar surface area (TPSA) is 75.2 Å². The van der Waals surface area contributed by atoms with E-state index in [2.05, 4.69) is 9.97 Å². The highest BCUT2D eigenvalue weighted by atomic mass is 127. The zero-order valence-corrected chi connectivity index (χ0v) is 14.3. The van der Waals surface area contributed by atoms with Gasteiger partial charge in [-0.1, -0.05) is 11.6 Å². The van der Waals surface area contributed by atoms with Crippen LogP contribution in [0.5, 0.6) is 17.4 Å². The monoisotopic (exact) mass is 428 g/mol. The standard InChI is InChI=1S/C15H10ClIN2O3/c1-7-2-3-18-12(4-7)22-14-13(20)8-5-10(17)9(16)6-11(8)19-15(14)21/h2-6H,1H3,(H2,19,20,21). The largest absolute Gasteiger partial charge is 0.504 e. The molecule has 0 aliphatic heterocycles. The van der Waals surface area contributed by atoms with E-state index in [-0.39, 0.29) is 17.4 Å². The molecule has 0 saturated heterocycles. The maximum atomic E-state index is 12.1. The van der Waals surface area contributed by atoms with Gasteiger partial charge in [-0.05, 0) is 53.3 Å². The van der Waals surface area contributed by atoms with E-state index < -0.39 is 5.56 Å². The van der Waals surface area contributed by atoms with E-state index in [0.29, 0.717) is 15.9 Å². The second-order valence-corrected chi connectivity index (χ2v) is 6.29. The molecule has 0 atom stereocenters. The van der Waals surface area contributed by atoms with Gasteiger partial charge in [0, 0.05) is 21.2 Å². The number of hydrogen-bond donors (Lipinski definition) is 2. The number of ether oxygens (including phenoxy) is 1. The molecule has 1 aromatic carbocycles. The van der Waals surface area contributed by atoms with Crippen molar-refractivity contribution in [2.75, 3.05) is 0 Å². The molecule has 5 nitrogen and oxygen atoms in total. The molecule has 2 aromatic heterocycles. The molecule has 3 aromatic rings. The Labute approximate surface area is 144 Å². The fraction of sp³-hybridized carbons (Fsp3) is 0.0667. The van der Waals surface area contributed by atoms with Crippen molar-refractivity contribution in [3.05, 3.63) is 55.0 Å². The molecule has 7 heteroatoms. The third-order valence-electron chi connectivity index (χ3n) is 3.08. The summed E-state index contributed by atoms with van der Waals surface area (Å²) in [4.78, 5) is 18.8. The highest BCUT2D eigenvalue weighted by Crippen LogP contribution is 2.35. The smallest absolute Gasteiger partial charge is 0.295 e. The van der Waals surface area contributed by atoms with Gasteiger partial charge in [-0.15, -0.1) is 0 Å². The number of aromatic nitrogens is 2. The summed E-state index contributed by atoms with van der Waals surface area (Å²) in [6, 6.07) is 6.75. The second kappa shape index (κ2) is 5.77. The van der Waals surface area contributed by atoms with E-state index in [9.17, 15) is 9.90 Å². The summed E-state index contributed by atoms with van der Waals surface area (Å²) in [5.74, 6) is -0.191. The van der Waals surface area contributed by atoms with Gasteiger partial charge in [-0.25, -0.2) is 4.98 Å². The third kappa shape index (κ3) is 2.76. The maximum Gasteiger partial charge on any atom is 0.295 e. The number of pyridine rings is 2. The van der Waals surface area contributed by atoms with Gasteiger partial charge in [0.05, 0.1) is 10.5 Å². The van der Waals surface area contributed by atoms with Crippen molar-refractivity contribution < 1.29 is 9.84 Å². The Morgan fingerprint density at radius 1 is 1.36 bits per heavy atom. The lowest BCUT2D eigenvalue weighted by molar-refractivity contribution is 0.401. The van der Waals surface area contributed by atoms with Crippen LogP contribution in [-0.2, 0) is 0 Å². The molecule has 2 N–H and O–H groups in total. The molecule has 0 amide bonds. The first-order valence-electron chi connectivity index (χ1n) is 6.30. The molecule has 0 spiro atoms. The van der Waals surface area contributed by atoms with Crippen molar-refractivity contribution in [3.63, 3.8) is 0 Å². The SMILES string of the molecule is Cc1ccnc(Oc2c(O)c3cc(I)c(Cl)cc3[nH]c2=O)c1. The van der Waals surface area contributed by atoms with Gasteiger partial charge >= 0.3 is 0 Å². The first kappa shape index (κ1) is 15.1. The van der Waals surface area contributed by atoms with Crippen LogP contribution < -0.4 is 10.3 Å². The summed E-state index contributed by atoms with van der Waals surface area (Å²) in [5, 5.41) is 11.3. The van der Waals surface area contributed by atoms with Crippen LogP contribution in [0.2, 0.25) is 5.02 Å². The molecule has 0 aliphatic rings. The lowest BCUT2D eigenvalue weighted by Gasteiger charge is -2.09. The van der Waals surface area contributed by atoms with Crippen LogP contribution in [0.25, 0.3) is 10.9 Å². The number of aromatic amines is 1. The number of H-pyrrole nitrogens is 1. The molecule has 0 saturated carbocycles. The fourth-order valence-corrected chi connectivity index (χ4v) is 2.65. The van der Waals surface area contributed by atoms with Crippen molar-refractivity contribution in [1.29, 1.82) is 0 Å². The van der Waals surface area contributed by atoms with Crippen LogP contribution in [0, 0.1) is 10.5 Å². The Morgan fingerprint density at radius 2 is 2.14 bits per heavy atom. The number of fused-ring (bicyclic) bond motifs is 1. The highest BCUT2D eigenvalue weighted by Gasteiger charge is 2.16. The van der Waals surface area contributed by atoms with E-state index in [1.165, 1.54) is 0 Å². The van der Waals surface area contributed by atoms with E-state index in [1.54, 1.807) is 24.4 Å². The predicted molar refractivity (Wildman–Crippen MR) is 93.0 cm³/mol. The van der Waals surface area contributed by atoms with Crippen LogP contribution in [0.4, 0.5) is 0 Å². The Kier molecular flexibility index (Phi) is 3.96. The van der Waals surface area contributed by atoms with Gasteiger partial charge in [0.1, 0.15) is 0 Å². The Morgan fingerprint density at radius 3 is 2.86 bits per heavy atom. The molecular formula is C15H10ClIN2O3. The summed E-state index contributed by atoms with van der Waals surface area (Å²) in [6.07, 6.45) is 1.57. The van der Waals surface area contributed by atoms with Crippen molar-refractivity contribution in [3.8, 4) is 17.4 Å². The van der Waals surface area contributed by atoms with Crippen molar-refractivity contribution in [1.82, 2.24) is 9.97 Å². The van der Waals surface area contributed by atoms with E-state index in [0.717, 1.165) is 9.13 Å². The number of rotatable bonds is 2. The molecule has 22 heavy (non-hydrogen) atoms. The van der Waals surface area contributed by atoms with Crippen LogP contribution in [-0.4, -0.2) is 15.1 Å².